The molecule has 4 N–H and O–H groups in total. The number of nitrogens with zero attached hydrogens (tertiary/aromatic N) is 2. The molecule has 1 aromatic rings. The van der Waals surface area contributed by atoms with E-state index in [1.54, 1.807) is 6.07 Å². The van der Waals surface area contributed by atoms with E-state index >= 15 is 0 Å². The molecule has 5 heteroatoms. The molecule has 0 spiro atoms. The average molecular weight is 278 g/mol. The highest BCUT2D eigenvalue weighted by Gasteiger charge is 2.21. The second kappa shape index (κ2) is 5.95. The molecule has 0 radical (unpaired) electrons. The first kappa shape index (κ1) is 15.0. The molecule has 1 heterocycles. The third kappa shape index (κ3) is 4.07. The molecule has 1 aliphatic rings. The van der Waals surface area contributed by atoms with Gasteiger partial charge in [0.15, 0.2) is 0 Å². The monoisotopic (exact) mass is 278 g/mol. The number of nitrogens with two attached hydrogens (primary N) is 1. The number of rotatable bonds is 3. The number of hydrogen-bond donors (Lipinski definition) is 3. The minimum atomic E-state index is -0.142. The fourth-order valence-corrected chi connectivity index (χ4v) is 2.59. The molecule has 1 saturated carbocycles. The first-order chi connectivity index (χ1) is 9.34. The number of anilines is 2. The molecule has 112 valence electrons. The van der Waals surface area contributed by atoms with Crippen molar-refractivity contribution in [1.82, 2.24) is 9.97 Å². The van der Waals surface area contributed by atoms with Crippen LogP contribution in [-0.4, -0.2) is 27.7 Å². The summed E-state index contributed by atoms with van der Waals surface area (Å²) in [5.74, 6) is 2.54. The third-order valence-electron chi connectivity index (χ3n) is 3.74. The van der Waals surface area contributed by atoms with Crippen LogP contribution >= 0.6 is 0 Å². The van der Waals surface area contributed by atoms with Crippen LogP contribution in [0.4, 0.5) is 11.6 Å². The molecule has 1 fully saturated rings. The van der Waals surface area contributed by atoms with Crippen LogP contribution in [0, 0.1) is 5.92 Å². The van der Waals surface area contributed by atoms with Crippen molar-refractivity contribution in [3.8, 4) is 0 Å². The normalized spacial score (nSPS) is 23.6. The van der Waals surface area contributed by atoms with Gasteiger partial charge >= 0.3 is 0 Å². The van der Waals surface area contributed by atoms with Gasteiger partial charge in [-0.2, -0.15) is 0 Å². The van der Waals surface area contributed by atoms with Gasteiger partial charge < -0.3 is 16.2 Å². The van der Waals surface area contributed by atoms with Crippen molar-refractivity contribution in [2.24, 2.45) is 5.92 Å². The number of aromatic nitrogens is 2. The summed E-state index contributed by atoms with van der Waals surface area (Å²) in [4.78, 5) is 8.84. The minimum Gasteiger partial charge on any atom is -0.393 e. The molecule has 2 atom stereocenters. The van der Waals surface area contributed by atoms with Gasteiger partial charge in [-0.15, -0.1) is 0 Å². The van der Waals surface area contributed by atoms with E-state index in [1.165, 1.54) is 0 Å². The lowest BCUT2D eigenvalue weighted by Gasteiger charge is -2.26. The lowest BCUT2D eigenvalue weighted by Crippen LogP contribution is -2.25. The highest BCUT2D eigenvalue weighted by atomic mass is 16.3. The van der Waals surface area contributed by atoms with Gasteiger partial charge in [-0.3, -0.25) is 0 Å². The molecular weight excluding hydrogens is 252 g/mol. The predicted molar refractivity (Wildman–Crippen MR) is 81.6 cm³/mol. The molecule has 20 heavy (non-hydrogen) atoms. The first-order valence-electron chi connectivity index (χ1n) is 7.41. The Kier molecular flexibility index (Phi) is 4.48. The molecule has 0 saturated heterocycles. The van der Waals surface area contributed by atoms with Gasteiger partial charge in [-0.25, -0.2) is 9.97 Å². The van der Waals surface area contributed by atoms with E-state index in [1.807, 2.05) is 0 Å². The van der Waals surface area contributed by atoms with Gasteiger partial charge in [0, 0.05) is 18.0 Å². The summed E-state index contributed by atoms with van der Waals surface area (Å²) in [6.45, 7) is 7.05. The fraction of sp³-hybridized carbons (Fsp3) is 0.733. The highest BCUT2D eigenvalue weighted by molar-refractivity contribution is 5.45. The van der Waals surface area contributed by atoms with Crippen LogP contribution in [0.3, 0.4) is 0 Å². The third-order valence-corrected chi connectivity index (χ3v) is 3.74. The van der Waals surface area contributed by atoms with Crippen molar-refractivity contribution >= 4 is 11.6 Å². The molecule has 2 unspecified atom stereocenters. The topological polar surface area (TPSA) is 84.1 Å². The van der Waals surface area contributed by atoms with E-state index in [0.29, 0.717) is 11.7 Å². The number of hydrogen-bond acceptors (Lipinski definition) is 5. The van der Waals surface area contributed by atoms with Crippen LogP contribution in [0.2, 0.25) is 0 Å². The molecule has 5 nitrogen and oxygen atoms in total. The maximum Gasteiger partial charge on any atom is 0.138 e. The second-order valence-corrected chi connectivity index (χ2v) is 6.82. The summed E-state index contributed by atoms with van der Waals surface area (Å²) in [7, 11) is 0. The Morgan fingerprint density at radius 1 is 1.35 bits per heavy atom. The van der Waals surface area contributed by atoms with E-state index < -0.39 is 0 Å². The Hall–Kier alpha value is -1.36. The maximum absolute atomic E-state index is 9.70. The number of aliphatic hydroxyl groups is 1. The van der Waals surface area contributed by atoms with E-state index in [2.05, 4.69) is 36.1 Å². The van der Waals surface area contributed by atoms with Crippen LogP contribution < -0.4 is 11.1 Å². The van der Waals surface area contributed by atoms with Crippen molar-refractivity contribution in [2.75, 3.05) is 17.6 Å². The molecule has 2 rings (SSSR count). The summed E-state index contributed by atoms with van der Waals surface area (Å²) < 4.78 is 0. The van der Waals surface area contributed by atoms with Crippen molar-refractivity contribution < 1.29 is 5.11 Å². The zero-order valence-electron chi connectivity index (χ0n) is 12.7. The summed E-state index contributed by atoms with van der Waals surface area (Å²) in [6.07, 6.45) is 3.94. The smallest absolute Gasteiger partial charge is 0.138 e. The zero-order chi connectivity index (χ0) is 14.8. The Labute approximate surface area is 121 Å². The first-order valence-corrected chi connectivity index (χ1v) is 7.41. The summed E-state index contributed by atoms with van der Waals surface area (Å²) in [6, 6.07) is 1.77. The fourth-order valence-electron chi connectivity index (χ4n) is 2.59. The van der Waals surface area contributed by atoms with Gasteiger partial charge in [0.1, 0.15) is 17.5 Å². The Morgan fingerprint density at radius 2 is 2.10 bits per heavy atom. The predicted octanol–water partition coefficient (Wildman–Crippen LogP) is 2.32. The van der Waals surface area contributed by atoms with Gasteiger partial charge in [0.05, 0.1) is 6.10 Å². The van der Waals surface area contributed by atoms with Gasteiger partial charge in [-0.05, 0) is 25.2 Å². The Morgan fingerprint density at radius 3 is 2.75 bits per heavy atom. The number of nitrogens with one attached hydrogen (secondary N) is 1. The Balaban J connectivity index is 2.00. The molecule has 1 aliphatic carbocycles. The van der Waals surface area contributed by atoms with Crippen LogP contribution in [-0.2, 0) is 5.41 Å². The molecule has 0 bridgehead atoms. The van der Waals surface area contributed by atoms with Crippen molar-refractivity contribution in [3.63, 3.8) is 0 Å². The van der Waals surface area contributed by atoms with Crippen molar-refractivity contribution in [1.29, 1.82) is 0 Å². The SMILES string of the molecule is CC(C)(C)c1nc(N)cc(NCC2CCCC(O)C2)n1. The average Bonchev–Trinajstić information content (AvgIpc) is 2.35. The number of nitrogen functional groups attached to an aromatic ring is 1. The quantitative estimate of drug-likeness (QED) is 0.790. The minimum absolute atomic E-state index is 0.118. The lowest BCUT2D eigenvalue weighted by atomic mass is 9.87. The Bertz CT molecular complexity index is 456. The molecule has 0 amide bonds. The molecule has 1 aromatic heterocycles. The summed E-state index contributed by atoms with van der Waals surface area (Å²) in [5, 5.41) is 13.0. The number of aliphatic hydroxyl groups excluding tert-OH is 1. The van der Waals surface area contributed by atoms with E-state index in [-0.39, 0.29) is 11.5 Å². The van der Waals surface area contributed by atoms with Crippen LogP contribution in [0.5, 0.6) is 0 Å². The van der Waals surface area contributed by atoms with Crippen molar-refractivity contribution in [2.45, 2.75) is 58.0 Å². The largest absolute Gasteiger partial charge is 0.393 e. The van der Waals surface area contributed by atoms with Crippen LogP contribution in [0.1, 0.15) is 52.3 Å². The van der Waals surface area contributed by atoms with Crippen LogP contribution in [0.15, 0.2) is 6.07 Å². The molecule has 0 aromatic carbocycles. The second-order valence-electron chi connectivity index (χ2n) is 6.82. The van der Waals surface area contributed by atoms with Gasteiger partial charge in [0.25, 0.3) is 0 Å². The van der Waals surface area contributed by atoms with Gasteiger partial charge in [-0.1, -0.05) is 27.2 Å². The summed E-state index contributed by atoms with van der Waals surface area (Å²) >= 11 is 0. The highest BCUT2D eigenvalue weighted by Crippen LogP contribution is 2.25. The van der Waals surface area contributed by atoms with E-state index in [4.69, 9.17) is 5.73 Å². The van der Waals surface area contributed by atoms with Crippen LogP contribution in [0.25, 0.3) is 0 Å². The maximum atomic E-state index is 9.70. The van der Waals surface area contributed by atoms with Crippen molar-refractivity contribution in [3.05, 3.63) is 11.9 Å². The standard InChI is InChI=1S/C15H26N4O/c1-15(2,3)14-18-12(16)8-13(19-14)17-9-10-5-4-6-11(20)7-10/h8,10-11,20H,4-7,9H2,1-3H3,(H3,16,17,18,19). The summed E-state index contributed by atoms with van der Waals surface area (Å²) in [5.41, 5.74) is 5.74. The van der Waals surface area contributed by atoms with E-state index in [9.17, 15) is 5.11 Å². The molecular formula is C15H26N4O. The molecule has 0 aliphatic heterocycles. The lowest BCUT2D eigenvalue weighted by molar-refractivity contribution is 0.104. The van der Waals surface area contributed by atoms with Gasteiger partial charge in [0.2, 0.25) is 0 Å². The van der Waals surface area contributed by atoms with E-state index in [0.717, 1.165) is 43.9 Å². The zero-order valence-corrected chi connectivity index (χ0v) is 12.7.